The van der Waals surface area contributed by atoms with Crippen LogP contribution in [0.15, 0.2) is 6.33 Å². The summed E-state index contributed by atoms with van der Waals surface area (Å²) < 4.78 is 0. The van der Waals surface area contributed by atoms with Crippen LogP contribution < -0.4 is 10.6 Å². The number of aromatic nitrogens is 2. The molecule has 1 fully saturated rings. The molecule has 0 spiro atoms. The van der Waals surface area contributed by atoms with Crippen LogP contribution in [-0.4, -0.2) is 27.5 Å². The van der Waals surface area contributed by atoms with Crippen LogP contribution in [0.1, 0.15) is 45.4 Å². The maximum absolute atomic E-state index is 11.3. The van der Waals surface area contributed by atoms with E-state index in [0.717, 1.165) is 32.1 Å². The Morgan fingerprint density at radius 1 is 1.30 bits per heavy atom. The van der Waals surface area contributed by atoms with Gasteiger partial charge in [0, 0.05) is 12.6 Å². The van der Waals surface area contributed by atoms with E-state index in [1.807, 2.05) is 6.92 Å². The molecule has 1 aromatic rings. The third-order valence-electron chi connectivity index (χ3n) is 3.49. The summed E-state index contributed by atoms with van der Waals surface area (Å²) in [7, 11) is 0. The van der Waals surface area contributed by atoms with Crippen LogP contribution in [-0.2, 0) is 0 Å². The highest BCUT2D eigenvalue weighted by Crippen LogP contribution is 2.31. The quantitative estimate of drug-likeness (QED) is 0.614. The van der Waals surface area contributed by atoms with Crippen molar-refractivity contribution in [2.45, 2.75) is 51.5 Å². The lowest BCUT2D eigenvalue weighted by Crippen LogP contribution is -2.23. The molecule has 1 aromatic heterocycles. The number of nitrogens with one attached hydrogen (secondary N) is 2. The van der Waals surface area contributed by atoms with Crippen molar-refractivity contribution in [3.63, 3.8) is 0 Å². The topological polar surface area (TPSA) is 93.0 Å². The third-order valence-corrected chi connectivity index (χ3v) is 3.49. The molecule has 0 unspecified atom stereocenters. The van der Waals surface area contributed by atoms with E-state index in [2.05, 4.69) is 20.6 Å². The largest absolute Gasteiger partial charge is 0.364 e. The first-order valence-electron chi connectivity index (χ1n) is 7.22. The van der Waals surface area contributed by atoms with E-state index in [0.29, 0.717) is 18.2 Å². The molecule has 1 saturated carbocycles. The normalized spacial score (nSPS) is 15.8. The summed E-state index contributed by atoms with van der Waals surface area (Å²) in [6.07, 6.45) is 7.91. The fourth-order valence-electron chi connectivity index (χ4n) is 2.47. The first-order chi connectivity index (χ1) is 9.72. The molecule has 7 nitrogen and oxygen atoms in total. The van der Waals surface area contributed by atoms with Gasteiger partial charge in [-0.05, 0) is 19.3 Å². The van der Waals surface area contributed by atoms with Crippen LogP contribution in [0.25, 0.3) is 0 Å². The van der Waals surface area contributed by atoms with E-state index in [1.165, 1.54) is 12.7 Å². The standard InChI is InChI=1S/C13H21N5O2/c1-2-8-14-12-11(18(19)20)13(16-9-15-12)17-10-6-4-3-5-7-10/h9-10H,2-8H2,1H3,(H2,14,15,16,17). The number of hydrogen-bond donors (Lipinski definition) is 2. The summed E-state index contributed by atoms with van der Waals surface area (Å²) in [6.45, 7) is 2.65. The molecule has 20 heavy (non-hydrogen) atoms. The first-order valence-corrected chi connectivity index (χ1v) is 7.22. The molecule has 0 radical (unpaired) electrons. The Bertz CT molecular complexity index is 460. The fraction of sp³-hybridized carbons (Fsp3) is 0.692. The lowest BCUT2D eigenvalue weighted by Gasteiger charge is -2.23. The molecule has 1 heterocycles. The van der Waals surface area contributed by atoms with Crippen LogP contribution >= 0.6 is 0 Å². The first kappa shape index (κ1) is 14.5. The zero-order chi connectivity index (χ0) is 14.4. The molecule has 110 valence electrons. The lowest BCUT2D eigenvalue weighted by molar-refractivity contribution is -0.383. The summed E-state index contributed by atoms with van der Waals surface area (Å²) in [4.78, 5) is 18.9. The van der Waals surface area contributed by atoms with Gasteiger partial charge < -0.3 is 10.6 Å². The van der Waals surface area contributed by atoms with Crippen molar-refractivity contribution in [3.8, 4) is 0 Å². The number of nitrogens with zero attached hydrogens (tertiary/aromatic N) is 3. The summed E-state index contributed by atoms with van der Waals surface area (Å²) >= 11 is 0. The van der Waals surface area contributed by atoms with Gasteiger partial charge in [0.2, 0.25) is 11.6 Å². The molecule has 0 bridgehead atoms. The summed E-state index contributed by atoms with van der Waals surface area (Å²) in [6, 6.07) is 0.274. The molecular formula is C13H21N5O2. The molecule has 0 saturated heterocycles. The minimum atomic E-state index is -0.414. The molecule has 0 atom stereocenters. The van der Waals surface area contributed by atoms with Gasteiger partial charge >= 0.3 is 5.69 Å². The van der Waals surface area contributed by atoms with Gasteiger partial charge in [0.1, 0.15) is 6.33 Å². The third kappa shape index (κ3) is 3.55. The van der Waals surface area contributed by atoms with Crippen LogP contribution in [0.3, 0.4) is 0 Å². The second kappa shape index (κ2) is 7.02. The van der Waals surface area contributed by atoms with Crippen LogP contribution in [0, 0.1) is 10.1 Å². The molecule has 1 aliphatic carbocycles. The van der Waals surface area contributed by atoms with Crippen molar-refractivity contribution in [2.75, 3.05) is 17.2 Å². The van der Waals surface area contributed by atoms with E-state index in [4.69, 9.17) is 0 Å². The van der Waals surface area contributed by atoms with Gasteiger partial charge in [0.25, 0.3) is 0 Å². The zero-order valence-corrected chi connectivity index (χ0v) is 11.8. The molecule has 0 amide bonds. The number of rotatable bonds is 6. The minimum Gasteiger partial charge on any atom is -0.364 e. The van der Waals surface area contributed by atoms with E-state index in [-0.39, 0.29) is 11.7 Å². The Morgan fingerprint density at radius 2 is 2.00 bits per heavy atom. The van der Waals surface area contributed by atoms with Gasteiger partial charge in [-0.3, -0.25) is 10.1 Å². The average molecular weight is 279 g/mol. The molecule has 2 rings (SSSR count). The monoisotopic (exact) mass is 279 g/mol. The Labute approximate surface area is 118 Å². The highest BCUT2D eigenvalue weighted by atomic mass is 16.6. The Hall–Kier alpha value is -1.92. The molecular weight excluding hydrogens is 258 g/mol. The van der Waals surface area contributed by atoms with Gasteiger partial charge in [0.05, 0.1) is 4.92 Å². The predicted octanol–water partition coefficient (Wildman–Crippen LogP) is 2.95. The van der Waals surface area contributed by atoms with Crippen molar-refractivity contribution in [3.05, 3.63) is 16.4 Å². The van der Waals surface area contributed by atoms with Gasteiger partial charge in [-0.15, -0.1) is 0 Å². The van der Waals surface area contributed by atoms with E-state index >= 15 is 0 Å². The van der Waals surface area contributed by atoms with Gasteiger partial charge in [0.15, 0.2) is 0 Å². The van der Waals surface area contributed by atoms with Crippen molar-refractivity contribution >= 4 is 17.3 Å². The van der Waals surface area contributed by atoms with Crippen LogP contribution in [0.4, 0.5) is 17.3 Å². The average Bonchev–Trinajstić information content (AvgIpc) is 2.46. The molecule has 1 aliphatic rings. The predicted molar refractivity (Wildman–Crippen MR) is 78.0 cm³/mol. The van der Waals surface area contributed by atoms with Gasteiger partial charge in [-0.2, -0.15) is 0 Å². The van der Waals surface area contributed by atoms with Crippen LogP contribution in [0.2, 0.25) is 0 Å². The van der Waals surface area contributed by atoms with E-state index in [9.17, 15) is 10.1 Å². The minimum absolute atomic E-state index is 0.0495. The van der Waals surface area contributed by atoms with Crippen molar-refractivity contribution in [2.24, 2.45) is 0 Å². The van der Waals surface area contributed by atoms with E-state index in [1.54, 1.807) is 0 Å². The highest BCUT2D eigenvalue weighted by Gasteiger charge is 2.25. The fourth-order valence-corrected chi connectivity index (χ4v) is 2.47. The molecule has 2 N–H and O–H groups in total. The molecule has 0 aromatic carbocycles. The second-order valence-electron chi connectivity index (χ2n) is 5.08. The maximum Gasteiger partial charge on any atom is 0.353 e. The van der Waals surface area contributed by atoms with Crippen molar-refractivity contribution in [1.29, 1.82) is 0 Å². The van der Waals surface area contributed by atoms with Crippen molar-refractivity contribution < 1.29 is 4.92 Å². The smallest absolute Gasteiger partial charge is 0.353 e. The Balaban J connectivity index is 2.19. The summed E-state index contributed by atoms with van der Waals surface area (Å²) in [5.74, 6) is 0.626. The van der Waals surface area contributed by atoms with Gasteiger partial charge in [-0.25, -0.2) is 9.97 Å². The van der Waals surface area contributed by atoms with Crippen LogP contribution in [0.5, 0.6) is 0 Å². The second-order valence-corrected chi connectivity index (χ2v) is 5.08. The maximum atomic E-state index is 11.3. The Kier molecular flexibility index (Phi) is 5.09. The summed E-state index contributed by atoms with van der Waals surface area (Å²) in [5.41, 5.74) is -0.0495. The molecule has 0 aliphatic heterocycles. The number of hydrogen-bond acceptors (Lipinski definition) is 6. The van der Waals surface area contributed by atoms with E-state index < -0.39 is 4.92 Å². The van der Waals surface area contributed by atoms with Gasteiger partial charge in [-0.1, -0.05) is 26.2 Å². The highest BCUT2D eigenvalue weighted by molar-refractivity contribution is 5.69. The molecule has 7 heteroatoms. The Morgan fingerprint density at radius 3 is 2.65 bits per heavy atom. The van der Waals surface area contributed by atoms with Crippen molar-refractivity contribution in [1.82, 2.24) is 9.97 Å². The number of nitro groups is 1. The lowest BCUT2D eigenvalue weighted by atomic mass is 9.95. The number of anilines is 2. The SMILES string of the molecule is CCCNc1ncnc(NC2CCCCC2)c1[N+](=O)[O-]. The summed E-state index contributed by atoms with van der Waals surface area (Å²) in [5, 5.41) is 17.5. The zero-order valence-electron chi connectivity index (χ0n) is 11.8.